The van der Waals surface area contributed by atoms with Crippen molar-refractivity contribution in [3.05, 3.63) is 0 Å². The fourth-order valence-electron chi connectivity index (χ4n) is 1.33. The largest absolute Gasteiger partial charge is 0.107 e. The van der Waals surface area contributed by atoms with Crippen LogP contribution in [0.3, 0.4) is 0 Å². The van der Waals surface area contributed by atoms with Gasteiger partial charge >= 0.3 is 0 Å². The molecule has 0 amide bonds. The van der Waals surface area contributed by atoms with E-state index in [4.69, 9.17) is 0 Å². The summed E-state index contributed by atoms with van der Waals surface area (Å²) in [4.78, 5) is 0. The van der Waals surface area contributed by atoms with Crippen LogP contribution in [0.15, 0.2) is 0 Å². The highest BCUT2D eigenvalue weighted by molar-refractivity contribution is 7.57. The minimum atomic E-state index is 0.430. The lowest BCUT2D eigenvalue weighted by atomic mass is 10.3. The normalized spacial score (nSPS) is 13.4. The predicted molar refractivity (Wildman–Crippen MR) is 57.0 cm³/mol. The van der Waals surface area contributed by atoms with E-state index < -0.39 is 0 Å². The van der Waals surface area contributed by atoms with Gasteiger partial charge in [-0.15, -0.1) is 7.92 Å². The average Bonchev–Trinajstić information content (AvgIpc) is 2.03. The monoisotopic (exact) mass is 174 g/mol. The zero-order valence-corrected chi connectivity index (χ0v) is 9.29. The maximum atomic E-state index is 2.35. The summed E-state index contributed by atoms with van der Waals surface area (Å²) in [7, 11) is 0.430. The fraction of sp³-hybridized carbons (Fsp3) is 1.00. The zero-order valence-electron chi connectivity index (χ0n) is 8.40. The molecule has 0 saturated heterocycles. The summed E-state index contributed by atoms with van der Waals surface area (Å²) >= 11 is 0. The number of rotatable bonds is 7. The Morgan fingerprint density at radius 2 is 1.55 bits per heavy atom. The number of hydrogen-bond acceptors (Lipinski definition) is 0. The Bertz CT molecular complexity index is 71.3. The third-order valence-corrected chi connectivity index (χ3v) is 4.99. The van der Waals surface area contributed by atoms with Gasteiger partial charge < -0.3 is 0 Å². The van der Waals surface area contributed by atoms with Crippen molar-refractivity contribution < 1.29 is 0 Å². The van der Waals surface area contributed by atoms with Gasteiger partial charge in [0.2, 0.25) is 0 Å². The molecule has 0 aromatic heterocycles. The van der Waals surface area contributed by atoms with Crippen LogP contribution in [-0.4, -0.2) is 18.5 Å². The molecule has 0 rings (SSSR count). The second-order valence-electron chi connectivity index (χ2n) is 3.14. The second-order valence-corrected chi connectivity index (χ2v) is 6.01. The molecule has 0 bridgehead atoms. The van der Waals surface area contributed by atoms with Crippen molar-refractivity contribution in [3.63, 3.8) is 0 Å². The van der Waals surface area contributed by atoms with Crippen LogP contribution in [0.5, 0.6) is 0 Å². The lowest BCUT2D eigenvalue weighted by molar-refractivity contribution is 0.774. The average molecular weight is 174 g/mol. The van der Waals surface area contributed by atoms with Crippen LogP contribution in [0.2, 0.25) is 0 Å². The van der Waals surface area contributed by atoms with Gasteiger partial charge in [0.25, 0.3) is 0 Å². The summed E-state index contributed by atoms with van der Waals surface area (Å²) in [6.07, 6.45) is 10.2. The van der Waals surface area contributed by atoms with Gasteiger partial charge in [-0.2, -0.15) is 0 Å². The van der Waals surface area contributed by atoms with E-state index in [0.717, 1.165) is 0 Å². The van der Waals surface area contributed by atoms with Crippen LogP contribution in [-0.2, 0) is 0 Å². The van der Waals surface area contributed by atoms with Gasteiger partial charge in [-0.05, 0) is 24.9 Å². The van der Waals surface area contributed by atoms with Crippen molar-refractivity contribution >= 4 is 7.92 Å². The Hall–Kier alpha value is 0.430. The van der Waals surface area contributed by atoms with E-state index in [-0.39, 0.29) is 0 Å². The third kappa shape index (κ3) is 6.81. The standard InChI is InChI=1S/C10H23P/c1-4-7-8-10-11(6-3)9-5-2/h4-10H2,1-3H3. The first kappa shape index (κ1) is 11.4. The molecule has 0 N–H and O–H groups in total. The highest BCUT2D eigenvalue weighted by Gasteiger charge is 2.01. The van der Waals surface area contributed by atoms with Crippen LogP contribution >= 0.6 is 7.92 Å². The Labute approximate surface area is 73.5 Å². The van der Waals surface area contributed by atoms with Crippen LogP contribution < -0.4 is 0 Å². The van der Waals surface area contributed by atoms with Crippen molar-refractivity contribution in [3.8, 4) is 0 Å². The molecular formula is C10H23P. The van der Waals surface area contributed by atoms with Crippen LogP contribution in [0, 0.1) is 0 Å². The zero-order chi connectivity index (χ0) is 8.53. The molecule has 1 unspecified atom stereocenters. The van der Waals surface area contributed by atoms with Crippen LogP contribution in [0.25, 0.3) is 0 Å². The highest BCUT2D eigenvalue weighted by atomic mass is 31.1. The van der Waals surface area contributed by atoms with Gasteiger partial charge in [-0.1, -0.05) is 40.0 Å². The quantitative estimate of drug-likeness (QED) is 0.403. The summed E-state index contributed by atoms with van der Waals surface area (Å²) in [6, 6.07) is 0. The first-order valence-corrected chi connectivity index (χ1v) is 6.97. The van der Waals surface area contributed by atoms with E-state index in [1.54, 1.807) is 0 Å². The second kappa shape index (κ2) is 8.53. The smallest absolute Gasteiger partial charge is 0.0326 e. The molecule has 0 radical (unpaired) electrons. The van der Waals surface area contributed by atoms with E-state index in [1.165, 1.54) is 44.2 Å². The van der Waals surface area contributed by atoms with Crippen LogP contribution in [0.1, 0.15) is 46.5 Å². The Morgan fingerprint density at radius 3 is 2.00 bits per heavy atom. The molecule has 0 aliphatic heterocycles. The van der Waals surface area contributed by atoms with E-state index in [0.29, 0.717) is 7.92 Å². The van der Waals surface area contributed by atoms with Crippen molar-refractivity contribution in [2.24, 2.45) is 0 Å². The molecule has 0 aromatic rings. The predicted octanol–water partition coefficient (Wildman–Crippen LogP) is 4.09. The maximum Gasteiger partial charge on any atom is -0.0326 e. The highest BCUT2D eigenvalue weighted by Crippen LogP contribution is 2.36. The molecule has 0 aromatic carbocycles. The summed E-state index contributed by atoms with van der Waals surface area (Å²) in [6.45, 7) is 6.95. The first-order chi connectivity index (χ1) is 5.35. The maximum absolute atomic E-state index is 2.35. The molecule has 1 heteroatoms. The van der Waals surface area contributed by atoms with Crippen molar-refractivity contribution in [2.75, 3.05) is 18.5 Å². The number of unbranched alkanes of at least 4 members (excludes halogenated alkanes) is 2. The molecular weight excluding hydrogens is 151 g/mol. The molecule has 0 heterocycles. The van der Waals surface area contributed by atoms with Gasteiger partial charge in [0.15, 0.2) is 0 Å². The van der Waals surface area contributed by atoms with E-state index in [1.807, 2.05) is 0 Å². The lowest BCUT2D eigenvalue weighted by Crippen LogP contribution is -1.91. The minimum absolute atomic E-state index is 0.430. The van der Waals surface area contributed by atoms with Crippen LogP contribution in [0.4, 0.5) is 0 Å². The molecule has 1 atom stereocenters. The summed E-state index contributed by atoms with van der Waals surface area (Å²) < 4.78 is 0. The SMILES string of the molecule is CCCCCP(CC)CCC. The molecule has 0 aliphatic rings. The van der Waals surface area contributed by atoms with E-state index in [2.05, 4.69) is 20.8 Å². The molecule has 0 aliphatic carbocycles. The third-order valence-electron chi connectivity index (χ3n) is 2.06. The Morgan fingerprint density at radius 1 is 0.818 bits per heavy atom. The Balaban J connectivity index is 3.20. The molecule has 0 saturated carbocycles. The first-order valence-electron chi connectivity index (χ1n) is 5.07. The molecule has 0 fully saturated rings. The molecule has 68 valence electrons. The summed E-state index contributed by atoms with van der Waals surface area (Å²) in [5.41, 5.74) is 0. The van der Waals surface area contributed by atoms with Gasteiger partial charge in [0, 0.05) is 0 Å². The van der Waals surface area contributed by atoms with E-state index in [9.17, 15) is 0 Å². The van der Waals surface area contributed by atoms with Crippen molar-refractivity contribution in [1.29, 1.82) is 0 Å². The number of hydrogen-bond donors (Lipinski definition) is 0. The lowest BCUT2D eigenvalue weighted by Gasteiger charge is -2.13. The molecule has 0 nitrogen and oxygen atoms in total. The van der Waals surface area contributed by atoms with Gasteiger partial charge in [0.05, 0.1) is 0 Å². The van der Waals surface area contributed by atoms with Gasteiger partial charge in [-0.3, -0.25) is 0 Å². The topological polar surface area (TPSA) is 0 Å². The van der Waals surface area contributed by atoms with Gasteiger partial charge in [-0.25, -0.2) is 0 Å². The van der Waals surface area contributed by atoms with Crippen molar-refractivity contribution in [1.82, 2.24) is 0 Å². The van der Waals surface area contributed by atoms with Gasteiger partial charge in [0.1, 0.15) is 0 Å². The molecule has 11 heavy (non-hydrogen) atoms. The Kier molecular flexibility index (Phi) is 8.86. The summed E-state index contributed by atoms with van der Waals surface area (Å²) in [5.74, 6) is 0. The molecule has 0 spiro atoms. The fourth-order valence-corrected chi connectivity index (χ4v) is 3.49. The summed E-state index contributed by atoms with van der Waals surface area (Å²) in [5, 5.41) is 0. The van der Waals surface area contributed by atoms with Crippen molar-refractivity contribution in [2.45, 2.75) is 46.5 Å². The minimum Gasteiger partial charge on any atom is -0.107 e. The van der Waals surface area contributed by atoms with E-state index >= 15 is 0 Å².